The zero-order chi connectivity index (χ0) is 13.5. The molecule has 0 heterocycles. The molecule has 0 amide bonds. The smallest absolute Gasteiger partial charge is 0.338 e. The van der Waals surface area contributed by atoms with Crippen molar-refractivity contribution in [2.75, 3.05) is 6.61 Å². The lowest BCUT2D eigenvalue weighted by molar-refractivity contribution is 0.0542. The van der Waals surface area contributed by atoms with Crippen LogP contribution in [0.2, 0.25) is 0 Å². The molecule has 0 fully saturated rings. The van der Waals surface area contributed by atoms with Gasteiger partial charge in [-0.25, -0.2) is 4.79 Å². The van der Waals surface area contributed by atoms with E-state index in [2.05, 4.69) is 11.8 Å². The molecule has 1 aromatic rings. The van der Waals surface area contributed by atoms with Crippen LogP contribution in [0.4, 0.5) is 0 Å². The van der Waals surface area contributed by atoms with Crippen LogP contribution < -0.4 is 0 Å². The number of esters is 1. The molecule has 1 rings (SSSR count). The maximum atomic E-state index is 11.7. The van der Waals surface area contributed by atoms with E-state index in [9.17, 15) is 15.0 Å². The fourth-order valence-corrected chi connectivity index (χ4v) is 1.29. The summed E-state index contributed by atoms with van der Waals surface area (Å²) in [7, 11) is 0. The summed E-state index contributed by atoms with van der Waals surface area (Å²) in [6.07, 6.45) is 1.75. The lowest BCUT2D eigenvalue weighted by Gasteiger charge is -2.05. The van der Waals surface area contributed by atoms with Gasteiger partial charge in [-0.1, -0.05) is 12.0 Å². The van der Waals surface area contributed by atoms with Crippen LogP contribution in [0.5, 0.6) is 11.5 Å². The highest BCUT2D eigenvalue weighted by Gasteiger charge is 2.10. The van der Waals surface area contributed by atoms with E-state index in [-0.39, 0.29) is 23.7 Å². The van der Waals surface area contributed by atoms with Crippen LogP contribution in [-0.2, 0) is 4.74 Å². The number of rotatable bonds is 3. The van der Waals surface area contributed by atoms with Crippen LogP contribution >= 0.6 is 0 Å². The van der Waals surface area contributed by atoms with E-state index in [1.165, 1.54) is 12.1 Å². The Hall–Kier alpha value is -2.41. The SMILES string of the molecule is CC#CC(=CC)COC(=O)c1cc(O)cc(O)c1. The first-order chi connectivity index (χ1) is 8.56. The second kappa shape index (κ2) is 6.36. The highest BCUT2D eigenvalue weighted by molar-refractivity contribution is 5.90. The lowest BCUT2D eigenvalue weighted by atomic mass is 10.2. The van der Waals surface area contributed by atoms with Gasteiger partial charge in [0.15, 0.2) is 0 Å². The van der Waals surface area contributed by atoms with Gasteiger partial charge in [-0.05, 0) is 26.0 Å². The van der Waals surface area contributed by atoms with E-state index >= 15 is 0 Å². The Kier molecular flexibility index (Phi) is 4.82. The number of allylic oxidation sites excluding steroid dienone is 1. The summed E-state index contributed by atoms with van der Waals surface area (Å²) in [4.78, 5) is 11.7. The Bertz CT molecular complexity index is 512. The zero-order valence-corrected chi connectivity index (χ0v) is 10.2. The van der Waals surface area contributed by atoms with Crippen LogP contribution in [0, 0.1) is 11.8 Å². The molecule has 0 saturated heterocycles. The Morgan fingerprint density at radius 3 is 2.44 bits per heavy atom. The molecule has 0 spiro atoms. The van der Waals surface area contributed by atoms with E-state index in [4.69, 9.17) is 4.74 Å². The van der Waals surface area contributed by atoms with Crippen molar-refractivity contribution in [3.63, 3.8) is 0 Å². The van der Waals surface area contributed by atoms with Crippen LogP contribution in [0.3, 0.4) is 0 Å². The van der Waals surface area contributed by atoms with Crippen molar-refractivity contribution in [1.29, 1.82) is 0 Å². The lowest BCUT2D eigenvalue weighted by Crippen LogP contribution is -2.07. The largest absolute Gasteiger partial charge is 0.508 e. The topological polar surface area (TPSA) is 66.8 Å². The van der Waals surface area contributed by atoms with Gasteiger partial charge in [0.25, 0.3) is 0 Å². The first-order valence-electron chi connectivity index (χ1n) is 5.35. The minimum Gasteiger partial charge on any atom is -0.508 e. The number of ether oxygens (including phenoxy) is 1. The monoisotopic (exact) mass is 246 g/mol. The molecule has 4 nitrogen and oxygen atoms in total. The molecule has 0 aliphatic rings. The number of benzene rings is 1. The third kappa shape index (κ3) is 3.87. The van der Waals surface area contributed by atoms with Crippen molar-refractivity contribution in [3.8, 4) is 23.3 Å². The van der Waals surface area contributed by atoms with Crippen LogP contribution in [-0.4, -0.2) is 22.8 Å². The number of carbonyl (C=O) groups is 1. The van der Waals surface area contributed by atoms with Crippen LogP contribution in [0.25, 0.3) is 0 Å². The highest BCUT2D eigenvalue weighted by atomic mass is 16.5. The number of carbonyl (C=O) groups excluding carboxylic acids is 1. The molecule has 94 valence electrons. The molecule has 2 N–H and O–H groups in total. The first-order valence-corrected chi connectivity index (χ1v) is 5.35. The summed E-state index contributed by atoms with van der Waals surface area (Å²) in [6.45, 7) is 3.55. The van der Waals surface area contributed by atoms with Crippen molar-refractivity contribution >= 4 is 5.97 Å². The van der Waals surface area contributed by atoms with Gasteiger partial charge in [-0.2, -0.15) is 0 Å². The molecule has 0 aliphatic heterocycles. The van der Waals surface area contributed by atoms with Crippen LogP contribution in [0.15, 0.2) is 29.8 Å². The van der Waals surface area contributed by atoms with E-state index in [0.29, 0.717) is 5.57 Å². The molecule has 0 unspecified atom stereocenters. The average molecular weight is 246 g/mol. The number of phenolic OH excluding ortho intramolecular Hbond substituents is 2. The standard InChI is InChI=1S/C14H14O4/c1-3-5-10(4-2)9-18-14(17)11-6-12(15)8-13(16)7-11/h4,6-8,15-16H,9H2,1-2H3. The Morgan fingerprint density at radius 2 is 1.94 bits per heavy atom. The van der Waals surface area contributed by atoms with E-state index in [1.54, 1.807) is 19.9 Å². The van der Waals surface area contributed by atoms with Crippen molar-refractivity contribution in [2.24, 2.45) is 0 Å². The molecular weight excluding hydrogens is 232 g/mol. The molecule has 0 bridgehead atoms. The summed E-state index contributed by atoms with van der Waals surface area (Å²) in [5, 5.41) is 18.5. The molecule has 0 radical (unpaired) electrons. The Morgan fingerprint density at radius 1 is 1.33 bits per heavy atom. The highest BCUT2D eigenvalue weighted by Crippen LogP contribution is 2.20. The summed E-state index contributed by atoms with van der Waals surface area (Å²) >= 11 is 0. The fourth-order valence-electron chi connectivity index (χ4n) is 1.29. The molecule has 1 aromatic carbocycles. The summed E-state index contributed by atoms with van der Waals surface area (Å²) in [5.74, 6) is 4.50. The maximum Gasteiger partial charge on any atom is 0.338 e. The number of aromatic hydroxyl groups is 2. The molecular formula is C14H14O4. The van der Waals surface area contributed by atoms with Gasteiger partial charge in [0.2, 0.25) is 0 Å². The molecule has 0 atom stereocenters. The van der Waals surface area contributed by atoms with E-state index < -0.39 is 5.97 Å². The van der Waals surface area contributed by atoms with Gasteiger partial charge in [-0.15, -0.1) is 5.92 Å². The van der Waals surface area contributed by atoms with Gasteiger partial charge < -0.3 is 14.9 Å². The molecule has 0 saturated carbocycles. The Balaban J connectivity index is 2.73. The summed E-state index contributed by atoms with van der Waals surface area (Å²) < 4.78 is 5.01. The molecule has 0 aliphatic carbocycles. The van der Waals surface area contributed by atoms with E-state index in [1.807, 2.05) is 0 Å². The van der Waals surface area contributed by atoms with Gasteiger partial charge in [-0.3, -0.25) is 0 Å². The molecule has 0 aromatic heterocycles. The quantitative estimate of drug-likeness (QED) is 0.634. The first kappa shape index (κ1) is 13.7. The van der Waals surface area contributed by atoms with Crippen molar-refractivity contribution < 1.29 is 19.7 Å². The van der Waals surface area contributed by atoms with Gasteiger partial charge >= 0.3 is 5.97 Å². The van der Waals surface area contributed by atoms with Gasteiger partial charge in [0.05, 0.1) is 5.56 Å². The third-order valence-electron chi connectivity index (χ3n) is 2.13. The van der Waals surface area contributed by atoms with Gasteiger partial charge in [0.1, 0.15) is 18.1 Å². The predicted molar refractivity (Wildman–Crippen MR) is 67.3 cm³/mol. The minimum atomic E-state index is -0.626. The minimum absolute atomic E-state index is 0.0621. The Labute approximate surface area is 106 Å². The van der Waals surface area contributed by atoms with Crippen LogP contribution in [0.1, 0.15) is 24.2 Å². The van der Waals surface area contributed by atoms with Crippen molar-refractivity contribution in [3.05, 3.63) is 35.4 Å². The molecule has 4 heteroatoms. The van der Waals surface area contributed by atoms with Crippen molar-refractivity contribution in [1.82, 2.24) is 0 Å². The van der Waals surface area contributed by atoms with Gasteiger partial charge in [0, 0.05) is 11.6 Å². The number of phenols is 2. The average Bonchev–Trinajstić information content (AvgIpc) is 2.32. The number of hydrogen-bond acceptors (Lipinski definition) is 4. The second-order valence-corrected chi connectivity index (χ2v) is 3.50. The zero-order valence-electron chi connectivity index (χ0n) is 10.2. The predicted octanol–water partition coefficient (Wildman–Crippen LogP) is 2.22. The number of hydrogen-bond donors (Lipinski definition) is 2. The second-order valence-electron chi connectivity index (χ2n) is 3.50. The fraction of sp³-hybridized carbons (Fsp3) is 0.214. The molecule has 18 heavy (non-hydrogen) atoms. The normalized spacial score (nSPS) is 10.4. The van der Waals surface area contributed by atoms with Crippen molar-refractivity contribution in [2.45, 2.75) is 13.8 Å². The maximum absolute atomic E-state index is 11.7. The van der Waals surface area contributed by atoms with E-state index in [0.717, 1.165) is 6.07 Å². The third-order valence-corrected chi connectivity index (χ3v) is 2.13. The summed E-state index contributed by atoms with van der Waals surface area (Å²) in [6, 6.07) is 3.59. The summed E-state index contributed by atoms with van der Waals surface area (Å²) in [5.41, 5.74) is 0.780.